The lowest BCUT2D eigenvalue weighted by Gasteiger charge is -2.03. The van der Waals surface area contributed by atoms with Crippen molar-refractivity contribution < 1.29 is 0 Å². The maximum atomic E-state index is 11.7. The normalized spacial score (nSPS) is 10.4. The first-order chi connectivity index (χ1) is 7.66. The summed E-state index contributed by atoms with van der Waals surface area (Å²) in [6.07, 6.45) is 2.99. The fraction of sp³-hybridized carbons (Fsp3) is 0.111. The van der Waals surface area contributed by atoms with Crippen molar-refractivity contribution >= 4 is 34.2 Å². The van der Waals surface area contributed by atoms with Gasteiger partial charge in [0.25, 0.3) is 5.56 Å². The Kier molecular flexibility index (Phi) is 3.49. The first-order valence-corrected chi connectivity index (χ1v) is 5.80. The van der Waals surface area contributed by atoms with Crippen LogP contribution in [0.4, 0.5) is 0 Å². The highest BCUT2D eigenvalue weighted by Gasteiger charge is 2.03. The number of aromatic nitrogens is 4. The van der Waals surface area contributed by atoms with Gasteiger partial charge in [-0.05, 0) is 34.7 Å². The standard InChI is InChI=1S/C9H6ClIN4O/c10-8-2-1-6(13-14-8)4-15-5-12-3-7(11)9(15)16/h1-3,5H,4H2. The number of halogens is 2. The van der Waals surface area contributed by atoms with E-state index in [4.69, 9.17) is 11.6 Å². The molecule has 0 aliphatic carbocycles. The summed E-state index contributed by atoms with van der Waals surface area (Å²) in [5.41, 5.74) is 0.572. The van der Waals surface area contributed by atoms with Gasteiger partial charge in [-0.3, -0.25) is 9.36 Å². The molecule has 2 rings (SSSR count). The molecular formula is C9H6ClIN4O. The molecule has 0 saturated carbocycles. The Hall–Kier alpha value is -1.02. The van der Waals surface area contributed by atoms with Crippen LogP contribution in [0.15, 0.2) is 29.5 Å². The Balaban J connectivity index is 2.31. The van der Waals surface area contributed by atoms with Crippen LogP contribution in [0.3, 0.4) is 0 Å². The summed E-state index contributed by atoms with van der Waals surface area (Å²) in [7, 11) is 0. The van der Waals surface area contributed by atoms with Crippen molar-refractivity contribution in [1.82, 2.24) is 19.7 Å². The van der Waals surface area contributed by atoms with Crippen molar-refractivity contribution in [2.75, 3.05) is 0 Å². The SMILES string of the molecule is O=c1c(I)cncn1Cc1ccc(Cl)nn1. The zero-order valence-electron chi connectivity index (χ0n) is 7.97. The average Bonchev–Trinajstić information content (AvgIpc) is 2.28. The Morgan fingerprint density at radius 3 is 2.88 bits per heavy atom. The third kappa shape index (κ3) is 2.56. The Morgan fingerprint density at radius 1 is 1.38 bits per heavy atom. The van der Waals surface area contributed by atoms with Crippen LogP contribution in [0.25, 0.3) is 0 Å². The van der Waals surface area contributed by atoms with Gasteiger partial charge in [0.1, 0.15) is 0 Å². The maximum absolute atomic E-state index is 11.7. The molecule has 2 heterocycles. The summed E-state index contributed by atoms with van der Waals surface area (Å²) in [4.78, 5) is 15.6. The van der Waals surface area contributed by atoms with Gasteiger partial charge in [-0.15, -0.1) is 5.10 Å². The predicted octanol–water partition coefficient (Wildman–Crippen LogP) is 1.34. The molecule has 82 valence electrons. The molecule has 0 N–H and O–H groups in total. The van der Waals surface area contributed by atoms with E-state index in [0.717, 1.165) is 0 Å². The molecule has 2 aromatic heterocycles. The van der Waals surface area contributed by atoms with E-state index in [0.29, 0.717) is 21.0 Å². The van der Waals surface area contributed by atoms with Crippen molar-refractivity contribution in [2.45, 2.75) is 6.54 Å². The molecule has 0 atom stereocenters. The lowest BCUT2D eigenvalue weighted by atomic mass is 10.4. The minimum Gasteiger partial charge on any atom is -0.292 e. The van der Waals surface area contributed by atoms with Gasteiger partial charge in [0, 0.05) is 6.20 Å². The van der Waals surface area contributed by atoms with Gasteiger partial charge < -0.3 is 0 Å². The summed E-state index contributed by atoms with van der Waals surface area (Å²) < 4.78 is 2.04. The van der Waals surface area contributed by atoms with Crippen molar-refractivity contribution in [3.63, 3.8) is 0 Å². The Morgan fingerprint density at radius 2 is 2.19 bits per heavy atom. The summed E-state index contributed by atoms with van der Waals surface area (Å²) in [6, 6.07) is 3.36. The van der Waals surface area contributed by atoms with Crippen LogP contribution >= 0.6 is 34.2 Å². The van der Waals surface area contributed by atoms with Crippen LogP contribution in [-0.4, -0.2) is 19.7 Å². The van der Waals surface area contributed by atoms with E-state index in [1.807, 2.05) is 22.6 Å². The fourth-order valence-corrected chi connectivity index (χ4v) is 1.71. The third-order valence-electron chi connectivity index (χ3n) is 1.88. The van der Waals surface area contributed by atoms with Crippen LogP contribution in [0, 0.1) is 3.57 Å². The van der Waals surface area contributed by atoms with Crippen molar-refractivity contribution in [3.05, 3.63) is 49.4 Å². The minimum absolute atomic E-state index is 0.0904. The maximum Gasteiger partial charge on any atom is 0.267 e. The van der Waals surface area contributed by atoms with E-state index in [2.05, 4.69) is 15.2 Å². The smallest absolute Gasteiger partial charge is 0.267 e. The van der Waals surface area contributed by atoms with Crippen molar-refractivity contribution in [1.29, 1.82) is 0 Å². The molecule has 16 heavy (non-hydrogen) atoms. The second-order valence-electron chi connectivity index (χ2n) is 3.02. The van der Waals surface area contributed by atoms with Crippen LogP contribution < -0.4 is 5.56 Å². The first kappa shape index (κ1) is 11.5. The summed E-state index contributed by atoms with van der Waals surface area (Å²) in [6.45, 7) is 0.340. The second-order valence-corrected chi connectivity index (χ2v) is 4.57. The largest absolute Gasteiger partial charge is 0.292 e. The molecule has 5 nitrogen and oxygen atoms in total. The molecule has 0 saturated heterocycles. The quantitative estimate of drug-likeness (QED) is 0.769. The van der Waals surface area contributed by atoms with Crippen molar-refractivity contribution in [2.24, 2.45) is 0 Å². The van der Waals surface area contributed by atoms with Crippen LogP contribution in [0.1, 0.15) is 5.69 Å². The Labute approximate surface area is 110 Å². The molecule has 0 spiro atoms. The molecule has 0 aliphatic rings. The average molecular weight is 349 g/mol. The number of hydrogen-bond donors (Lipinski definition) is 0. The molecule has 2 aromatic rings. The van der Waals surface area contributed by atoms with E-state index in [1.165, 1.54) is 17.1 Å². The Bertz CT molecular complexity index is 554. The third-order valence-corrected chi connectivity index (χ3v) is 2.82. The van der Waals surface area contributed by atoms with E-state index in [9.17, 15) is 4.79 Å². The number of rotatable bonds is 2. The fourth-order valence-electron chi connectivity index (χ4n) is 1.14. The number of nitrogens with zero attached hydrogens (tertiary/aromatic N) is 4. The second kappa shape index (κ2) is 4.88. The van der Waals surface area contributed by atoms with Gasteiger partial charge >= 0.3 is 0 Å². The van der Waals surface area contributed by atoms with E-state index in [-0.39, 0.29) is 5.56 Å². The van der Waals surface area contributed by atoms with Crippen LogP contribution in [0.2, 0.25) is 5.15 Å². The van der Waals surface area contributed by atoms with E-state index < -0.39 is 0 Å². The highest BCUT2D eigenvalue weighted by molar-refractivity contribution is 14.1. The number of hydrogen-bond acceptors (Lipinski definition) is 4. The summed E-state index contributed by atoms with van der Waals surface area (Å²) >= 11 is 7.56. The molecule has 0 aromatic carbocycles. The minimum atomic E-state index is -0.0904. The molecule has 0 fully saturated rings. The van der Waals surface area contributed by atoms with Gasteiger partial charge in [-0.1, -0.05) is 11.6 Å². The highest BCUT2D eigenvalue weighted by Crippen LogP contribution is 2.03. The van der Waals surface area contributed by atoms with Gasteiger partial charge in [-0.2, -0.15) is 5.10 Å². The topological polar surface area (TPSA) is 60.7 Å². The monoisotopic (exact) mass is 348 g/mol. The van der Waals surface area contributed by atoms with Gasteiger partial charge in [-0.25, -0.2) is 4.98 Å². The molecule has 0 aliphatic heterocycles. The van der Waals surface area contributed by atoms with Crippen LogP contribution in [0.5, 0.6) is 0 Å². The van der Waals surface area contributed by atoms with Crippen LogP contribution in [-0.2, 0) is 6.54 Å². The van der Waals surface area contributed by atoms with E-state index >= 15 is 0 Å². The lowest BCUT2D eigenvalue weighted by Crippen LogP contribution is -2.23. The van der Waals surface area contributed by atoms with Gasteiger partial charge in [0.2, 0.25) is 0 Å². The molecule has 7 heteroatoms. The predicted molar refractivity (Wildman–Crippen MR) is 67.4 cm³/mol. The van der Waals surface area contributed by atoms with Crippen molar-refractivity contribution in [3.8, 4) is 0 Å². The molecule has 0 amide bonds. The molecule has 0 bridgehead atoms. The van der Waals surface area contributed by atoms with Gasteiger partial charge in [0.15, 0.2) is 5.15 Å². The highest BCUT2D eigenvalue weighted by atomic mass is 127. The zero-order valence-corrected chi connectivity index (χ0v) is 10.9. The van der Waals surface area contributed by atoms with E-state index in [1.54, 1.807) is 12.1 Å². The molecular weight excluding hydrogens is 342 g/mol. The molecule has 0 radical (unpaired) electrons. The first-order valence-electron chi connectivity index (χ1n) is 4.35. The zero-order chi connectivity index (χ0) is 11.5. The summed E-state index contributed by atoms with van der Waals surface area (Å²) in [5, 5.41) is 7.91. The molecule has 0 unspecified atom stereocenters. The summed E-state index contributed by atoms with van der Waals surface area (Å²) in [5.74, 6) is 0. The lowest BCUT2D eigenvalue weighted by molar-refractivity contribution is 0.701. The van der Waals surface area contributed by atoms with Gasteiger partial charge in [0.05, 0.1) is 22.1 Å².